The fourth-order valence-electron chi connectivity index (χ4n) is 3.99. The fraction of sp³-hybridized carbons (Fsp3) is 0.391. The highest BCUT2D eigenvalue weighted by molar-refractivity contribution is 5.99. The fourth-order valence-corrected chi connectivity index (χ4v) is 3.99. The van der Waals surface area contributed by atoms with Crippen LogP contribution in [0.5, 0.6) is 5.75 Å². The quantitative estimate of drug-likeness (QED) is 0.392. The Bertz CT molecular complexity index is 1030. The molecule has 4 rings (SSSR count). The number of carbonyl (C=O) groups excluding carboxylic acids is 1. The molecule has 2 aromatic heterocycles. The normalized spacial score (nSPS) is 18.7. The van der Waals surface area contributed by atoms with Crippen molar-refractivity contribution in [3.8, 4) is 5.75 Å². The topological polar surface area (TPSA) is 80.1 Å². The molecule has 1 aliphatic heterocycles. The Balaban J connectivity index is 1.44. The van der Waals surface area contributed by atoms with Gasteiger partial charge in [-0.3, -0.25) is 10.2 Å². The lowest BCUT2D eigenvalue weighted by Crippen LogP contribution is -2.59. The molecule has 0 bridgehead atoms. The van der Waals surface area contributed by atoms with E-state index in [0.29, 0.717) is 36.5 Å². The number of amides is 1. The second kappa shape index (κ2) is 10.5. The van der Waals surface area contributed by atoms with Gasteiger partial charge in [-0.05, 0) is 55.8 Å². The Morgan fingerprint density at radius 2 is 2.16 bits per heavy atom. The number of fused-ring (bicyclic) bond motifs is 1. The number of pyridine rings is 1. The van der Waals surface area contributed by atoms with E-state index in [1.54, 1.807) is 31.5 Å². The highest BCUT2D eigenvalue weighted by Gasteiger charge is 2.31. The van der Waals surface area contributed by atoms with Crippen LogP contribution in [0.15, 0.2) is 55.0 Å². The molecular formula is C23H28FN5O3. The van der Waals surface area contributed by atoms with Crippen molar-refractivity contribution in [1.82, 2.24) is 25.1 Å². The van der Waals surface area contributed by atoms with Gasteiger partial charge in [-0.2, -0.15) is 0 Å². The van der Waals surface area contributed by atoms with Gasteiger partial charge in [-0.25, -0.2) is 14.4 Å². The second-order valence-electron chi connectivity index (χ2n) is 7.70. The molecule has 0 aliphatic carbocycles. The van der Waals surface area contributed by atoms with Crippen molar-refractivity contribution >= 4 is 11.6 Å². The number of nitrogens with one attached hydrogen (secondary N) is 2. The lowest BCUT2D eigenvalue weighted by Gasteiger charge is -2.39. The van der Waals surface area contributed by atoms with Gasteiger partial charge in [0.1, 0.15) is 17.2 Å². The molecular weight excluding hydrogens is 413 g/mol. The van der Waals surface area contributed by atoms with Gasteiger partial charge in [0.25, 0.3) is 5.91 Å². The summed E-state index contributed by atoms with van der Waals surface area (Å²) in [7, 11) is 1.69. The van der Waals surface area contributed by atoms with E-state index >= 15 is 0 Å². The van der Waals surface area contributed by atoms with Crippen LogP contribution >= 0.6 is 0 Å². The largest absolute Gasteiger partial charge is 0.494 e. The zero-order chi connectivity index (χ0) is 22.3. The first-order valence-corrected chi connectivity index (χ1v) is 10.8. The molecule has 9 heteroatoms. The van der Waals surface area contributed by atoms with Crippen LogP contribution in [0.3, 0.4) is 0 Å². The van der Waals surface area contributed by atoms with Crippen LogP contribution in [-0.4, -0.2) is 65.8 Å². The molecule has 1 aliphatic rings. The molecule has 2 unspecified atom stereocenters. The molecule has 1 saturated heterocycles. The van der Waals surface area contributed by atoms with E-state index < -0.39 is 0 Å². The van der Waals surface area contributed by atoms with Crippen LogP contribution in [0.25, 0.3) is 5.65 Å². The number of rotatable bonds is 9. The van der Waals surface area contributed by atoms with Crippen LogP contribution in [0.1, 0.15) is 23.2 Å². The van der Waals surface area contributed by atoms with E-state index in [2.05, 4.69) is 15.7 Å². The maximum Gasteiger partial charge on any atom is 0.269 e. The number of aromatic nitrogens is 2. The Morgan fingerprint density at radius 3 is 2.97 bits per heavy atom. The van der Waals surface area contributed by atoms with Crippen LogP contribution in [0.2, 0.25) is 0 Å². The van der Waals surface area contributed by atoms with E-state index in [1.807, 2.05) is 27.9 Å². The molecule has 2 atom stereocenters. The first kappa shape index (κ1) is 22.2. The summed E-state index contributed by atoms with van der Waals surface area (Å²) in [5, 5.41) is 5.29. The Kier molecular flexibility index (Phi) is 7.31. The van der Waals surface area contributed by atoms with Gasteiger partial charge in [-0.15, -0.1) is 0 Å². The third-order valence-electron chi connectivity index (χ3n) is 5.63. The Morgan fingerprint density at radius 1 is 1.31 bits per heavy atom. The van der Waals surface area contributed by atoms with Crippen molar-refractivity contribution in [2.45, 2.75) is 25.0 Å². The number of hydrazine groups is 1. The summed E-state index contributed by atoms with van der Waals surface area (Å²) >= 11 is 0. The molecule has 0 saturated carbocycles. The molecule has 2 N–H and O–H groups in total. The molecule has 3 heterocycles. The average molecular weight is 442 g/mol. The van der Waals surface area contributed by atoms with E-state index in [4.69, 9.17) is 9.47 Å². The van der Waals surface area contributed by atoms with Gasteiger partial charge in [-0.1, -0.05) is 0 Å². The second-order valence-corrected chi connectivity index (χ2v) is 7.70. The third-order valence-corrected chi connectivity index (χ3v) is 5.63. The average Bonchev–Trinajstić information content (AvgIpc) is 3.31. The molecule has 0 spiro atoms. The number of nitrogens with zero attached hydrogens (tertiary/aromatic N) is 3. The maximum atomic E-state index is 13.2. The summed E-state index contributed by atoms with van der Waals surface area (Å²) in [4.78, 5) is 17.5. The van der Waals surface area contributed by atoms with E-state index in [-0.39, 0.29) is 23.9 Å². The predicted octanol–water partition coefficient (Wildman–Crippen LogP) is 2.27. The summed E-state index contributed by atoms with van der Waals surface area (Å²) in [5.74, 6) is 0.106. The number of methoxy groups -OCH3 is 1. The number of halogens is 1. The van der Waals surface area contributed by atoms with Crippen molar-refractivity contribution in [2.75, 3.05) is 33.4 Å². The molecule has 0 radical (unpaired) electrons. The number of piperidine rings is 1. The third kappa shape index (κ3) is 5.24. The van der Waals surface area contributed by atoms with E-state index in [0.717, 1.165) is 19.5 Å². The van der Waals surface area contributed by atoms with Crippen molar-refractivity contribution in [3.63, 3.8) is 0 Å². The van der Waals surface area contributed by atoms with Crippen LogP contribution < -0.4 is 15.5 Å². The summed E-state index contributed by atoms with van der Waals surface area (Å²) in [5.41, 5.74) is 4.20. The number of benzene rings is 1. The van der Waals surface area contributed by atoms with Gasteiger partial charge in [0.2, 0.25) is 0 Å². The number of hydrogen-bond acceptors (Lipinski definition) is 6. The van der Waals surface area contributed by atoms with Gasteiger partial charge in [0, 0.05) is 38.8 Å². The van der Waals surface area contributed by atoms with Gasteiger partial charge < -0.3 is 19.2 Å². The zero-order valence-electron chi connectivity index (χ0n) is 18.0. The van der Waals surface area contributed by atoms with Gasteiger partial charge >= 0.3 is 0 Å². The van der Waals surface area contributed by atoms with Crippen LogP contribution in [-0.2, 0) is 4.74 Å². The smallest absolute Gasteiger partial charge is 0.269 e. The lowest BCUT2D eigenvalue weighted by atomic mass is 10.0. The lowest BCUT2D eigenvalue weighted by molar-refractivity contribution is -0.0222. The Labute approximate surface area is 186 Å². The van der Waals surface area contributed by atoms with Gasteiger partial charge in [0.15, 0.2) is 0 Å². The first-order valence-electron chi connectivity index (χ1n) is 10.8. The number of imidazole rings is 1. The predicted molar refractivity (Wildman–Crippen MR) is 118 cm³/mol. The Hall–Kier alpha value is -3.01. The van der Waals surface area contributed by atoms with Gasteiger partial charge in [0.05, 0.1) is 24.3 Å². The molecule has 1 aromatic carbocycles. The highest BCUT2D eigenvalue weighted by atomic mass is 19.1. The minimum Gasteiger partial charge on any atom is -0.494 e. The summed E-state index contributed by atoms with van der Waals surface area (Å²) in [6.07, 6.45) is 6.80. The first-order chi connectivity index (χ1) is 15.7. The van der Waals surface area contributed by atoms with Crippen LogP contribution in [0.4, 0.5) is 4.39 Å². The molecule has 3 aromatic rings. The number of ether oxygens (including phenoxy) is 2. The van der Waals surface area contributed by atoms with Crippen molar-refractivity contribution in [1.29, 1.82) is 0 Å². The van der Waals surface area contributed by atoms with Crippen molar-refractivity contribution in [2.24, 2.45) is 0 Å². The zero-order valence-corrected chi connectivity index (χ0v) is 18.0. The molecule has 170 valence electrons. The number of carbonyl (C=O) groups is 1. The SMILES string of the molecule is COC1CNCCC1N(CCCOc1ccc(F)cc1)NC(=O)c1cccn2ccnc12. The molecule has 1 fully saturated rings. The summed E-state index contributed by atoms with van der Waals surface area (Å²) < 4.78 is 26.3. The maximum absolute atomic E-state index is 13.2. The standard InChI is InChI=1S/C23H28FN5O3/c1-31-21-16-25-10-9-20(21)29(13-3-15-32-18-7-5-17(24)6-8-18)27-23(30)19-4-2-12-28-14-11-26-22(19)28/h2,4-8,11-12,14,20-21,25H,3,9-10,13,15-16H2,1H3,(H,27,30). The van der Waals surface area contributed by atoms with E-state index in [9.17, 15) is 9.18 Å². The summed E-state index contributed by atoms with van der Waals surface area (Å²) in [6, 6.07) is 9.57. The highest BCUT2D eigenvalue weighted by Crippen LogP contribution is 2.16. The molecule has 8 nitrogen and oxygen atoms in total. The van der Waals surface area contributed by atoms with Crippen LogP contribution in [0, 0.1) is 5.82 Å². The molecule has 32 heavy (non-hydrogen) atoms. The van der Waals surface area contributed by atoms with Crippen molar-refractivity contribution in [3.05, 3.63) is 66.4 Å². The van der Waals surface area contributed by atoms with Crippen molar-refractivity contribution < 1.29 is 18.7 Å². The monoisotopic (exact) mass is 441 g/mol. The number of hydrogen-bond donors (Lipinski definition) is 2. The van der Waals surface area contributed by atoms with E-state index in [1.165, 1.54) is 12.1 Å². The minimum absolute atomic E-state index is 0.0236. The minimum atomic E-state index is -0.296. The molecule has 1 amide bonds. The summed E-state index contributed by atoms with van der Waals surface area (Å²) in [6.45, 7) is 2.58.